The second kappa shape index (κ2) is 3.37. The summed E-state index contributed by atoms with van der Waals surface area (Å²) in [4.78, 5) is 8.80. The molecule has 0 aliphatic carbocycles. The van der Waals surface area contributed by atoms with Gasteiger partial charge in [-0.2, -0.15) is 13.2 Å². The maximum Gasteiger partial charge on any atom is 0.423 e. The van der Waals surface area contributed by atoms with Crippen LogP contribution in [0.15, 0.2) is 12.1 Å². The first kappa shape index (κ1) is 11.2. The standard InChI is InChI=1S/C7H3F4NO3/c8-3-1-4(7(9,10)11)6(12(14)15)5(13)2-3/h1-2,13H. The van der Waals surface area contributed by atoms with Gasteiger partial charge in [0.1, 0.15) is 11.4 Å². The Morgan fingerprint density at radius 1 is 1.33 bits per heavy atom. The molecule has 0 aromatic heterocycles. The summed E-state index contributed by atoms with van der Waals surface area (Å²) in [6, 6.07) is 0.200. The van der Waals surface area contributed by atoms with Crippen LogP contribution in [0.5, 0.6) is 5.75 Å². The van der Waals surface area contributed by atoms with Crippen LogP contribution in [-0.4, -0.2) is 10.0 Å². The number of alkyl halides is 3. The fraction of sp³-hybridized carbons (Fsp3) is 0.143. The van der Waals surface area contributed by atoms with Crippen LogP contribution < -0.4 is 0 Å². The van der Waals surface area contributed by atoms with Gasteiger partial charge in [-0.15, -0.1) is 0 Å². The number of hydrogen-bond acceptors (Lipinski definition) is 3. The third kappa shape index (κ3) is 2.14. The van der Waals surface area contributed by atoms with Gasteiger partial charge in [0.2, 0.25) is 0 Å². The van der Waals surface area contributed by atoms with Crippen molar-refractivity contribution in [3.05, 3.63) is 33.6 Å². The van der Waals surface area contributed by atoms with Gasteiger partial charge in [0.15, 0.2) is 5.75 Å². The van der Waals surface area contributed by atoms with Crippen LogP contribution in [-0.2, 0) is 6.18 Å². The first-order chi connectivity index (χ1) is 6.73. The van der Waals surface area contributed by atoms with Crippen LogP contribution in [0.4, 0.5) is 23.2 Å². The fourth-order valence-electron chi connectivity index (χ4n) is 0.993. The molecule has 0 spiro atoms. The summed E-state index contributed by atoms with van der Waals surface area (Å²) in [7, 11) is 0. The van der Waals surface area contributed by atoms with Crippen molar-refractivity contribution in [1.29, 1.82) is 0 Å². The molecule has 0 fully saturated rings. The summed E-state index contributed by atoms with van der Waals surface area (Å²) in [5, 5.41) is 19.0. The van der Waals surface area contributed by atoms with E-state index in [1.807, 2.05) is 0 Å². The second-order valence-corrected chi connectivity index (χ2v) is 2.58. The minimum absolute atomic E-state index is 0.0438. The van der Waals surface area contributed by atoms with E-state index in [0.29, 0.717) is 0 Å². The molecular weight excluding hydrogens is 222 g/mol. The van der Waals surface area contributed by atoms with Crippen LogP contribution in [0.3, 0.4) is 0 Å². The molecule has 0 radical (unpaired) electrons. The lowest BCUT2D eigenvalue weighted by molar-refractivity contribution is -0.389. The molecule has 1 N–H and O–H groups in total. The summed E-state index contributed by atoms with van der Waals surface area (Å²) >= 11 is 0. The van der Waals surface area contributed by atoms with Crippen molar-refractivity contribution >= 4 is 5.69 Å². The number of benzene rings is 1. The van der Waals surface area contributed by atoms with Crippen molar-refractivity contribution in [3.8, 4) is 5.75 Å². The van der Waals surface area contributed by atoms with E-state index in [0.717, 1.165) is 0 Å². The van der Waals surface area contributed by atoms with Gasteiger partial charge >= 0.3 is 11.9 Å². The molecule has 0 unspecified atom stereocenters. The Hall–Kier alpha value is -1.86. The number of rotatable bonds is 1. The minimum Gasteiger partial charge on any atom is -0.502 e. The van der Waals surface area contributed by atoms with Crippen molar-refractivity contribution in [2.45, 2.75) is 6.18 Å². The van der Waals surface area contributed by atoms with Crippen LogP contribution in [0.1, 0.15) is 5.56 Å². The van der Waals surface area contributed by atoms with Gasteiger partial charge in [-0.3, -0.25) is 10.1 Å². The van der Waals surface area contributed by atoms with E-state index in [1.165, 1.54) is 0 Å². The minimum atomic E-state index is -5.10. The average Bonchev–Trinajstić information content (AvgIpc) is 1.99. The molecule has 1 aromatic rings. The number of aromatic hydroxyl groups is 1. The lowest BCUT2D eigenvalue weighted by atomic mass is 10.1. The Balaban J connectivity index is 3.54. The molecular formula is C7H3F4NO3. The zero-order chi connectivity index (χ0) is 11.8. The normalized spacial score (nSPS) is 11.5. The van der Waals surface area contributed by atoms with E-state index in [4.69, 9.17) is 5.11 Å². The molecule has 15 heavy (non-hydrogen) atoms. The average molecular weight is 225 g/mol. The summed E-state index contributed by atoms with van der Waals surface area (Å²) in [5.41, 5.74) is -3.37. The molecule has 0 saturated heterocycles. The Morgan fingerprint density at radius 2 is 1.87 bits per heavy atom. The third-order valence-corrected chi connectivity index (χ3v) is 1.54. The lowest BCUT2D eigenvalue weighted by Crippen LogP contribution is -2.09. The Bertz CT molecular complexity index is 415. The smallest absolute Gasteiger partial charge is 0.423 e. The molecule has 0 saturated carbocycles. The SMILES string of the molecule is O=[N+]([O-])c1c(O)cc(F)cc1C(F)(F)F. The second-order valence-electron chi connectivity index (χ2n) is 2.58. The number of phenols is 1. The van der Waals surface area contributed by atoms with E-state index in [1.54, 1.807) is 0 Å². The number of phenolic OH excluding ortho intramolecular Hbond substituents is 1. The predicted molar refractivity (Wildman–Crippen MR) is 39.7 cm³/mol. The van der Waals surface area contributed by atoms with Gasteiger partial charge in [-0.25, -0.2) is 4.39 Å². The van der Waals surface area contributed by atoms with Gasteiger partial charge in [0.05, 0.1) is 4.92 Å². The zero-order valence-corrected chi connectivity index (χ0v) is 6.88. The maximum atomic E-state index is 12.5. The molecule has 0 aliphatic heterocycles. The summed E-state index contributed by atoms with van der Waals surface area (Å²) in [6.45, 7) is 0. The largest absolute Gasteiger partial charge is 0.502 e. The molecule has 1 rings (SSSR count). The lowest BCUT2D eigenvalue weighted by Gasteiger charge is -2.08. The van der Waals surface area contributed by atoms with Crippen molar-refractivity contribution in [3.63, 3.8) is 0 Å². The fourth-order valence-corrected chi connectivity index (χ4v) is 0.993. The Morgan fingerprint density at radius 3 is 2.27 bits per heavy atom. The van der Waals surface area contributed by atoms with Gasteiger partial charge < -0.3 is 5.11 Å². The first-order valence-electron chi connectivity index (χ1n) is 3.47. The molecule has 82 valence electrons. The molecule has 0 atom stereocenters. The number of hydrogen-bond donors (Lipinski definition) is 1. The highest BCUT2D eigenvalue weighted by Crippen LogP contribution is 2.41. The predicted octanol–water partition coefficient (Wildman–Crippen LogP) is 2.46. The van der Waals surface area contributed by atoms with Crippen LogP contribution >= 0.6 is 0 Å². The van der Waals surface area contributed by atoms with E-state index >= 15 is 0 Å². The quantitative estimate of drug-likeness (QED) is 0.453. The van der Waals surface area contributed by atoms with E-state index in [-0.39, 0.29) is 12.1 Å². The molecule has 0 amide bonds. The van der Waals surface area contributed by atoms with Gasteiger partial charge in [0, 0.05) is 6.07 Å². The highest BCUT2D eigenvalue weighted by atomic mass is 19.4. The maximum absolute atomic E-state index is 12.5. The Kier molecular flexibility index (Phi) is 2.52. The molecule has 8 heteroatoms. The number of nitrogens with zero attached hydrogens (tertiary/aromatic N) is 1. The summed E-state index contributed by atoms with van der Waals surface area (Å²) < 4.78 is 49.1. The molecule has 0 bridgehead atoms. The van der Waals surface area contributed by atoms with Crippen molar-refractivity contribution in [2.75, 3.05) is 0 Å². The number of nitro groups is 1. The topological polar surface area (TPSA) is 63.4 Å². The zero-order valence-electron chi connectivity index (χ0n) is 6.88. The monoisotopic (exact) mass is 225 g/mol. The van der Waals surface area contributed by atoms with Gasteiger partial charge in [-0.1, -0.05) is 0 Å². The van der Waals surface area contributed by atoms with Gasteiger partial charge in [-0.05, 0) is 6.07 Å². The van der Waals surface area contributed by atoms with Gasteiger partial charge in [0.25, 0.3) is 0 Å². The van der Waals surface area contributed by atoms with Crippen LogP contribution in [0, 0.1) is 15.9 Å². The van der Waals surface area contributed by atoms with E-state index in [2.05, 4.69) is 0 Å². The molecule has 1 aromatic carbocycles. The number of nitro benzene ring substituents is 1. The van der Waals surface area contributed by atoms with E-state index < -0.39 is 33.9 Å². The van der Waals surface area contributed by atoms with E-state index in [9.17, 15) is 27.7 Å². The number of halogens is 4. The third-order valence-electron chi connectivity index (χ3n) is 1.54. The molecule has 0 heterocycles. The van der Waals surface area contributed by atoms with Crippen molar-refractivity contribution in [2.24, 2.45) is 0 Å². The van der Waals surface area contributed by atoms with Crippen LogP contribution in [0.25, 0.3) is 0 Å². The highest BCUT2D eigenvalue weighted by molar-refractivity contribution is 5.53. The Labute approximate surface area is 79.9 Å². The van der Waals surface area contributed by atoms with Crippen LogP contribution in [0.2, 0.25) is 0 Å². The van der Waals surface area contributed by atoms with Crippen molar-refractivity contribution < 1.29 is 27.6 Å². The molecule has 0 aliphatic rings. The highest BCUT2D eigenvalue weighted by Gasteiger charge is 2.40. The molecule has 4 nitrogen and oxygen atoms in total. The first-order valence-corrected chi connectivity index (χ1v) is 3.47. The van der Waals surface area contributed by atoms with Crippen molar-refractivity contribution in [1.82, 2.24) is 0 Å². The summed E-state index contributed by atoms with van der Waals surface area (Å²) in [5.74, 6) is -2.75. The summed E-state index contributed by atoms with van der Waals surface area (Å²) in [6.07, 6.45) is -5.10.